The number of nitrogens with one attached hydrogen (secondary N) is 2. The normalized spacial score (nSPS) is 11.0. The van der Waals surface area contributed by atoms with Gasteiger partial charge in [0.15, 0.2) is 5.96 Å². The van der Waals surface area contributed by atoms with Gasteiger partial charge in [-0.2, -0.15) is 0 Å². The van der Waals surface area contributed by atoms with Crippen LogP contribution in [0.2, 0.25) is 0 Å². The lowest BCUT2D eigenvalue weighted by Crippen LogP contribution is -2.36. The molecule has 1 aromatic heterocycles. The Morgan fingerprint density at radius 1 is 1.35 bits per heavy atom. The third-order valence-electron chi connectivity index (χ3n) is 3.02. The molecule has 0 atom stereocenters. The van der Waals surface area contributed by atoms with E-state index in [-0.39, 0.29) is 29.8 Å². The van der Waals surface area contributed by atoms with E-state index in [1.165, 1.54) is 10.9 Å². The Balaban J connectivity index is 0.00000264. The largest absolute Gasteiger partial charge is 0.352 e. The zero-order valence-corrected chi connectivity index (χ0v) is 17.6. The lowest BCUT2D eigenvalue weighted by molar-refractivity contribution is 0.617. The highest BCUT2D eigenvalue weighted by atomic mass is 127. The smallest absolute Gasteiger partial charge is 0.191 e. The average molecular weight is 513 g/mol. The fourth-order valence-electron chi connectivity index (χ4n) is 1.81. The predicted molar refractivity (Wildman–Crippen MR) is 108 cm³/mol. The molecule has 0 unspecified atom stereocenters. The Morgan fingerprint density at radius 3 is 2.70 bits per heavy atom. The molecule has 0 fully saturated rings. The Hall–Kier alpha value is -0.740. The lowest BCUT2D eigenvalue weighted by Gasteiger charge is -2.11. The Labute approximate surface area is 165 Å². The summed E-state index contributed by atoms with van der Waals surface area (Å²) in [6, 6.07) is 5.06. The number of thiazole rings is 1. The van der Waals surface area contributed by atoms with Crippen molar-refractivity contribution in [1.29, 1.82) is 0 Å². The maximum atomic E-state index is 13.5. The van der Waals surface area contributed by atoms with Gasteiger partial charge >= 0.3 is 0 Å². The van der Waals surface area contributed by atoms with Gasteiger partial charge in [-0.25, -0.2) is 9.37 Å². The average Bonchev–Trinajstić information content (AvgIpc) is 2.99. The lowest BCUT2D eigenvalue weighted by atomic mass is 10.2. The molecule has 126 valence electrons. The van der Waals surface area contributed by atoms with Crippen LogP contribution in [0, 0.1) is 5.82 Å². The van der Waals surface area contributed by atoms with Gasteiger partial charge in [-0.3, -0.25) is 4.99 Å². The maximum absolute atomic E-state index is 13.5. The summed E-state index contributed by atoms with van der Waals surface area (Å²) < 4.78 is 13.9. The van der Waals surface area contributed by atoms with Crippen molar-refractivity contribution < 1.29 is 4.39 Å². The van der Waals surface area contributed by atoms with Crippen LogP contribution in [-0.4, -0.2) is 18.0 Å². The fourth-order valence-corrected chi connectivity index (χ4v) is 2.86. The molecule has 0 aliphatic carbocycles. The highest BCUT2D eigenvalue weighted by molar-refractivity contribution is 14.0. The molecule has 0 aliphatic rings. The van der Waals surface area contributed by atoms with Gasteiger partial charge in [0.05, 0.1) is 11.0 Å². The summed E-state index contributed by atoms with van der Waals surface area (Å²) in [5.74, 6) is 0.397. The predicted octanol–water partition coefficient (Wildman–Crippen LogP) is 4.09. The molecule has 0 spiro atoms. The molecule has 0 saturated carbocycles. The van der Waals surface area contributed by atoms with Gasteiger partial charge in [0.1, 0.15) is 10.8 Å². The van der Waals surface area contributed by atoms with Crippen LogP contribution in [0.15, 0.2) is 33.9 Å². The molecule has 0 bridgehead atoms. The van der Waals surface area contributed by atoms with Crippen LogP contribution < -0.4 is 10.6 Å². The quantitative estimate of drug-likeness (QED) is 0.360. The van der Waals surface area contributed by atoms with Crippen LogP contribution in [0.4, 0.5) is 4.39 Å². The minimum atomic E-state index is -0.267. The molecule has 1 heterocycles. The van der Waals surface area contributed by atoms with Crippen molar-refractivity contribution in [3.8, 4) is 0 Å². The monoisotopic (exact) mass is 512 g/mol. The first kappa shape index (κ1) is 20.3. The summed E-state index contributed by atoms with van der Waals surface area (Å²) >= 11 is 4.84. The number of aryl methyl sites for hydroxylation is 1. The molecule has 8 heteroatoms. The summed E-state index contributed by atoms with van der Waals surface area (Å²) in [6.07, 6.45) is 2.91. The summed E-state index contributed by atoms with van der Waals surface area (Å²) in [5.41, 5.74) is 0.853. The van der Waals surface area contributed by atoms with E-state index >= 15 is 0 Å². The molecular formula is C15H19BrFIN4S. The molecule has 0 saturated heterocycles. The molecule has 0 amide bonds. The van der Waals surface area contributed by atoms with Crippen molar-refractivity contribution >= 4 is 57.2 Å². The van der Waals surface area contributed by atoms with E-state index in [1.54, 1.807) is 24.5 Å². The SMILES string of the molecule is CCc1cnc(CNC(=NC)NCc2ccc(Br)c(F)c2)s1.I. The second kappa shape index (κ2) is 10.2. The standard InChI is InChI=1S/C15H18BrFN4S.HI/c1-3-11-8-19-14(22-11)9-21-15(18-2)20-7-10-4-5-12(16)13(17)6-10;/h4-6,8H,3,7,9H2,1-2H3,(H2,18,20,21);1H. The van der Waals surface area contributed by atoms with Crippen LogP contribution in [0.5, 0.6) is 0 Å². The van der Waals surface area contributed by atoms with E-state index in [9.17, 15) is 4.39 Å². The zero-order valence-electron chi connectivity index (χ0n) is 12.9. The molecule has 2 N–H and O–H groups in total. The molecule has 0 aliphatic heterocycles. The second-order valence-corrected chi connectivity index (χ2v) is 6.66. The fraction of sp³-hybridized carbons (Fsp3) is 0.333. The van der Waals surface area contributed by atoms with Crippen LogP contribution in [0.1, 0.15) is 22.4 Å². The minimum Gasteiger partial charge on any atom is -0.352 e. The van der Waals surface area contributed by atoms with E-state index in [4.69, 9.17) is 0 Å². The van der Waals surface area contributed by atoms with Crippen LogP contribution in [0.3, 0.4) is 0 Å². The van der Waals surface area contributed by atoms with Crippen LogP contribution in [0.25, 0.3) is 0 Å². The van der Waals surface area contributed by atoms with E-state index in [1.807, 2.05) is 12.3 Å². The molecule has 23 heavy (non-hydrogen) atoms. The molecule has 1 aromatic carbocycles. The van der Waals surface area contributed by atoms with Gasteiger partial charge in [-0.15, -0.1) is 35.3 Å². The van der Waals surface area contributed by atoms with Crippen molar-refractivity contribution in [2.45, 2.75) is 26.4 Å². The van der Waals surface area contributed by atoms with Gasteiger partial charge in [-0.05, 0) is 40.0 Å². The first-order valence-electron chi connectivity index (χ1n) is 6.94. The topological polar surface area (TPSA) is 49.3 Å². The van der Waals surface area contributed by atoms with Crippen molar-refractivity contribution in [2.75, 3.05) is 7.05 Å². The maximum Gasteiger partial charge on any atom is 0.191 e. The number of nitrogens with zero attached hydrogens (tertiary/aromatic N) is 2. The third kappa shape index (κ3) is 6.34. The van der Waals surface area contributed by atoms with Crippen molar-refractivity contribution in [2.24, 2.45) is 4.99 Å². The van der Waals surface area contributed by atoms with Gasteiger partial charge in [-0.1, -0.05) is 13.0 Å². The Morgan fingerprint density at radius 2 is 2.09 bits per heavy atom. The number of hydrogen-bond acceptors (Lipinski definition) is 3. The molecule has 4 nitrogen and oxygen atoms in total. The molecule has 2 rings (SSSR count). The number of halogens is 3. The molecule has 0 radical (unpaired) electrons. The van der Waals surface area contributed by atoms with Crippen LogP contribution >= 0.6 is 51.2 Å². The van der Waals surface area contributed by atoms with Crippen molar-refractivity contribution in [3.63, 3.8) is 0 Å². The number of hydrogen-bond donors (Lipinski definition) is 2. The number of benzene rings is 1. The van der Waals surface area contributed by atoms with Gasteiger partial charge in [0, 0.05) is 24.7 Å². The summed E-state index contributed by atoms with van der Waals surface area (Å²) in [6.45, 7) is 3.24. The van der Waals surface area contributed by atoms with Gasteiger partial charge in [0.2, 0.25) is 0 Å². The first-order chi connectivity index (χ1) is 10.6. The summed E-state index contributed by atoms with van der Waals surface area (Å²) in [4.78, 5) is 9.77. The zero-order chi connectivity index (χ0) is 15.9. The van der Waals surface area contributed by atoms with Gasteiger partial charge in [0.25, 0.3) is 0 Å². The van der Waals surface area contributed by atoms with Crippen molar-refractivity contribution in [3.05, 3.63) is 50.1 Å². The first-order valence-corrected chi connectivity index (χ1v) is 8.55. The molecule has 2 aromatic rings. The van der Waals surface area contributed by atoms with E-state index in [0.717, 1.165) is 17.0 Å². The van der Waals surface area contributed by atoms with E-state index in [2.05, 4.69) is 43.5 Å². The molecular weight excluding hydrogens is 494 g/mol. The number of guanidine groups is 1. The summed E-state index contributed by atoms with van der Waals surface area (Å²) in [5, 5.41) is 7.38. The second-order valence-electron chi connectivity index (χ2n) is 4.60. The Bertz CT molecular complexity index is 663. The van der Waals surface area contributed by atoms with E-state index in [0.29, 0.717) is 23.5 Å². The number of rotatable bonds is 5. The highest BCUT2D eigenvalue weighted by Gasteiger charge is 2.04. The Kier molecular flexibility index (Phi) is 9.00. The van der Waals surface area contributed by atoms with Gasteiger partial charge < -0.3 is 10.6 Å². The third-order valence-corrected chi connectivity index (χ3v) is 4.81. The van der Waals surface area contributed by atoms with Crippen molar-refractivity contribution in [1.82, 2.24) is 15.6 Å². The highest BCUT2D eigenvalue weighted by Crippen LogP contribution is 2.16. The van der Waals surface area contributed by atoms with E-state index < -0.39 is 0 Å². The number of aliphatic imine (C=N–C) groups is 1. The summed E-state index contributed by atoms with van der Waals surface area (Å²) in [7, 11) is 1.71. The number of aromatic nitrogens is 1. The van der Waals surface area contributed by atoms with Crippen LogP contribution in [-0.2, 0) is 19.5 Å². The minimum absolute atomic E-state index is 0.